The third-order valence-electron chi connectivity index (χ3n) is 5.93. The SMILES string of the molecule is C=C/C(=C\C=C(/C)C#Cc1ccc(OCCN2CCC(C)CC2)cc1)c1ccc(C)cc1. The minimum Gasteiger partial charge on any atom is -0.492 e. The van der Waals surface area contributed by atoms with Crippen LogP contribution in [0.5, 0.6) is 5.75 Å². The fourth-order valence-electron chi connectivity index (χ4n) is 3.67. The Labute approximate surface area is 194 Å². The molecule has 0 unspecified atom stereocenters. The lowest BCUT2D eigenvalue weighted by atomic mass is 9.99. The molecule has 2 aromatic carbocycles. The molecule has 3 rings (SSSR count). The van der Waals surface area contributed by atoms with Crippen LogP contribution in [0.25, 0.3) is 5.57 Å². The topological polar surface area (TPSA) is 12.5 Å². The number of piperidine rings is 1. The van der Waals surface area contributed by atoms with Crippen LogP contribution in [0.4, 0.5) is 0 Å². The maximum Gasteiger partial charge on any atom is 0.119 e. The second-order valence-corrected chi connectivity index (χ2v) is 8.69. The van der Waals surface area contributed by atoms with E-state index in [1.165, 1.54) is 31.5 Å². The fourth-order valence-corrected chi connectivity index (χ4v) is 3.67. The van der Waals surface area contributed by atoms with Gasteiger partial charge in [0.25, 0.3) is 0 Å². The highest BCUT2D eigenvalue weighted by Gasteiger charge is 2.14. The summed E-state index contributed by atoms with van der Waals surface area (Å²) in [5.74, 6) is 8.24. The number of hydrogen-bond acceptors (Lipinski definition) is 2. The predicted molar refractivity (Wildman–Crippen MR) is 137 cm³/mol. The van der Waals surface area contributed by atoms with Crippen LogP contribution < -0.4 is 4.74 Å². The van der Waals surface area contributed by atoms with Crippen molar-refractivity contribution in [2.45, 2.75) is 33.6 Å². The lowest BCUT2D eigenvalue weighted by Gasteiger charge is -2.29. The van der Waals surface area contributed by atoms with Crippen LogP contribution in [0.1, 0.15) is 43.4 Å². The second kappa shape index (κ2) is 12.1. The zero-order valence-corrected chi connectivity index (χ0v) is 19.7. The molecule has 2 nitrogen and oxygen atoms in total. The molecule has 1 saturated heterocycles. The normalized spacial score (nSPS) is 15.7. The van der Waals surface area contributed by atoms with Crippen molar-refractivity contribution >= 4 is 5.57 Å². The summed E-state index contributed by atoms with van der Waals surface area (Å²) in [6.45, 7) is 14.5. The van der Waals surface area contributed by atoms with Crippen LogP contribution in [-0.2, 0) is 0 Å². The van der Waals surface area contributed by atoms with Crippen molar-refractivity contribution in [2.24, 2.45) is 5.92 Å². The van der Waals surface area contributed by atoms with Crippen molar-refractivity contribution in [3.63, 3.8) is 0 Å². The molecule has 0 atom stereocenters. The molecule has 0 N–H and O–H groups in total. The van der Waals surface area contributed by atoms with Crippen LogP contribution in [0.15, 0.2) is 78.9 Å². The van der Waals surface area contributed by atoms with Gasteiger partial charge in [-0.15, -0.1) is 0 Å². The summed E-state index contributed by atoms with van der Waals surface area (Å²) < 4.78 is 5.92. The van der Waals surface area contributed by atoms with E-state index in [4.69, 9.17) is 4.74 Å². The van der Waals surface area contributed by atoms with Crippen molar-refractivity contribution in [2.75, 3.05) is 26.2 Å². The second-order valence-electron chi connectivity index (χ2n) is 8.69. The van der Waals surface area contributed by atoms with E-state index in [0.717, 1.165) is 47.1 Å². The Balaban J connectivity index is 1.52. The van der Waals surface area contributed by atoms with Gasteiger partial charge in [0, 0.05) is 12.1 Å². The Bertz CT molecular complexity index is 992. The summed E-state index contributed by atoms with van der Waals surface area (Å²) in [5, 5.41) is 0. The van der Waals surface area contributed by atoms with Gasteiger partial charge in [0.05, 0.1) is 0 Å². The van der Waals surface area contributed by atoms with E-state index in [1.807, 2.05) is 43.3 Å². The first-order valence-corrected chi connectivity index (χ1v) is 11.6. The lowest BCUT2D eigenvalue weighted by molar-refractivity contribution is 0.160. The van der Waals surface area contributed by atoms with E-state index in [1.54, 1.807) is 0 Å². The van der Waals surface area contributed by atoms with E-state index >= 15 is 0 Å². The average Bonchev–Trinajstić information content (AvgIpc) is 2.81. The molecule has 0 bridgehead atoms. The molecule has 32 heavy (non-hydrogen) atoms. The molecule has 0 aromatic heterocycles. The van der Waals surface area contributed by atoms with E-state index < -0.39 is 0 Å². The average molecular weight is 426 g/mol. The Morgan fingerprint density at radius 2 is 1.75 bits per heavy atom. The number of rotatable bonds is 7. The Hall–Kier alpha value is -3.02. The largest absolute Gasteiger partial charge is 0.492 e. The Kier molecular flexibility index (Phi) is 8.96. The number of allylic oxidation sites excluding steroid dienone is 5. The van der Waals surface area contributed by atoms with Crippen molar-refractivity contribution in [1.29, 1.82) is 0 Å². The highest BCUT2D eigenvalue weighted by atomic mass is 16.5. The molecule has 2 aromatic rings. The van der Waals surface area contributed by atoms with Gasteiger partial charge in [-0.1, -0.05) is 73.4 Å². The van der Waals surface area contributed by atoms with Gasteiger partial charge in [-0.05, 0) is 86.7 Å². The molecule has 2 heteroatoms. The molecule has 0 spiro atoms. The van der Waals surface area contributed by atoms with Crippen molar-refractivity contribution < 1.29 is 4.74 Å². The fraction of sp³-hybridized carbons (Fsp3) is 0.333. The summed E-state index contributed by atoms with van der Waals surface area (Å²) in [7, 11) is 0. The van der Waals surface area contributed by atoms with Crippen LogP contribution in [0, 0.1) is 24.7 Å². The smallest absolute Gasteiger partial charge is 0.119 e. The number of aryl methyl sites for hydroxylation is 1. The van der Waals surface area contributed by atoms with Crippen molar-refractivity contribution in [3.05, 3.63) is 95.6 Å². The summed E-state index contributed by atoms with van der Waals surface area (Å²) in [6.07, 6.45) is 8.60. The van der Waals surface area contributed by atoms with Crippen LogP contribution in [0.2, 0.25) is 0 Å². The molecule has 1 aliphatic heterocycles. The highest BCUT2D eigenvalue weighted by Crippen LogP contribution is 2.18. The van der Waals surface area contributed by atoms with Gasteiger partial charge >= 0.3 is 0 Å². The van der Waals surface area contributed by atoms with Gasteiger partial charge in [0.2, 0.25) is 0 Å². The quantitative estimate of drug-likeness (QED) is 0.363. The first-order valence-electron chi connectivity index (χ1n) is 11.6. The summed E-state index contributed by atoms with van der Waals surface area (Å²) in [5.41, 5.74) is 5.50. The third-order valence-corrected chi connectivity index (χ3v) is 5.93. The van der Waals surface area contributed by atoms with Crippen LogP contribution in [-0.4, -0.2) is 31.1 Å². The van der Waals surface area contributed by atoms with Crippen LogP contribution >= 0.6 is 0 Å². The van der Waals surface area contributed by atoms with E-state index in [2.05, 4.69) is 67.5 Å². The Morgan fingerprint density at radius 1 is 1.06 bits per heavy atom. The molecule has 0 radical (unpaired) electrons. The maximum absolute atomic E-state index is 5.92. The zero-order valence-electron chi connectivity index (χ0n) is 19.7. The first kappa shape index (κ1) is 23.6. The lowest BCUT2D eigenvalue weighted by Crippen LogP contribution is -2.35. The van der Waals surface area contributed by atoms with E-state index in [0.29, 0.717) is 0 Å². The number of ether oxygens (including phenoxy) is 1. The molecule has 0 saturated carbocycles. The molecule has 1 aliphatic rings. The summed E-state index contributed by atoms with van der Waals surface area (Å²) >= 11 is 0. The molecule has 1 fully saturated rings. The zero-order chi connectivity index (χ0) is 22.8. The third kappa shape index (κ3) is 7.59. The standard InChI is InChI=1S/C30H35NO/c1-5-28(29-14-8-25(3)9-15-29)13-7-24(2)6-10-27-11-16-30(17-12-27)32-23-22-31-20-18-26(4)19-21-31/h5,7-9,11-17,26H,1,18-23H2,2-4H3/b24-7+,28-13+. The molecular weight excluding hydrogens is 390 g/mol. The maximum atomic E-state index is 5.92. The van der Waals surface area contributed by atoms with Crippen molar-refractivity contribution in [3.8, 4) is 17.6 Å². The first-order chi connectivity index (χ1) is 15.5. The minimum absolute atomic E-state index is 0.736. The van der Waals surface area contributed by atoms with Gasteiger partial charge < -0.3 is 4.74 Å². The summed E-state index contributed by atoms with van der Waals surface area (Å²) in [4.78, 5) is 2.50. The molecule has 0 amide bonds. The molecule has 166 valence electrons. The van der Waals surface area contributed by atoms with E-state index in [9.17, 15) is 0 Å². The predicted octanol–water partition coefficient (Wildman–Crippen LogP) is 6.67. The Morgan fingerprint density at radius 3 is 2.41 bits per heavy atom. The van der Waals surface area contributed by atoms with Gasteiger partial charge in [-0.25, -0.2) is 0 Å². The molecule has 0 aliphatic carbocycles. The van der Waals surface area contributed by atoms with Gasteiger partial charge in [-0.2, -0.15) is 0 Å². The summed E-state index contributed by atoms with van der Waals surface area (Å²) in [6, 6.07) is 16.5. The minimum atomic E-state index is 0.736. The number of nitrogens with zero attached hydrogens (tertiary/aromatic N) is 1. The molecular formula is C30H35NO. The van der Waals surface area contributed by atoms with E-state index in [-0.39, 0.29) is 0 Å². The van der Waals surface area contributed by atoms with Gasteiger partial charge in [0.15, 0.2) is 0 Å². The van der Waals surface area contributed by atoms with Gasteiger partial charge in [-0.3, -0.25) is 4.90 Å². The highest BCUT2D eigenvalue weighted by molar-refractivity contribution is 5.75. The number of hydrogen-bond donors (Lipinski definition) is 0. The van der Waals surface area contributed by atoms with Crippen LogP contribution in [0.3, 0.4) is 0 Å². The van der Waals surface area contributed by atoms with Crippen molar-refractivity contribution in [1.82, 2.24) is 4.90 Å². The number of likely N-dealkylation sites (tertiary alicyclic amines) is 1. The van der Waals surface area contributed by atoms with Gasteiger partial charge in [0.1, 0.15) is 12.4 Å². The monoisotopic (exact) mass is 425 g/mol. The molecule has 1 heterocycles. The number of benzene rings is 2.